The van der Waals surface area contributed by atoms with E-state index in [0.29, 0.717) is 109 Å². The topological polar surface area (TPSA) is 159 Å². The molecule has 0 unspecified atom stereocenters. The molecule has 3 fully saturated rings. The number of nitrogens with one attached hydrogen (secondary N) is 2. The Balaban J connectivity index is 1.17. The number of ether oxygens (including phenoxy) is 2. The molecule has 4 aromatic rings. The highest BCUT2D eigenvalue weighted by Crippen LogP contribution is 2.43. The van der Waals surface area contributed by atoms with Crippen molar-refractivity contribution in [1.29, 1.82) is 0 Å². The molecule has 2 N–H and O–H groups in total. The maximum Gasteiger partial charge on any atom is 0.406 e. The van der Waals surface area contributed by atoms with E-state index < -0.39 is 78.3 Å². The van der Waals surface area contributed by atoms with Crippen molar-refractivity contribution in [2.24, 2.45) is 11.3 Å². The number of hydrogen-bond donors (Lipinski definition) is 2. The van der Waals surface area contributed by atoms with Crippen LogP contribution in [-0.2, 0) is 54.7 Å². The molecule has 75 heavy (non-hydrogen) atoms. The fourth-order valence-corrected chi connectivity index (χ4v) is 11.4. The second kappa shape index (κ2) is 22.1. The summed E-state index contributed by atoms with van der Waals surface area (Å²) in [5.41, 5.74) is 5.92. The number of hydrazine groups is 1. The number of morpholine rings is 1. The minimum Gasteiger partial charge on any atom is -0.464 e. The number of nitrogens with zero attached hydrogens (tertiary/aromatic N) is 6. The van der Waals surface area contributed by atoms with E-state index in [4.69, 9.17) is 9.47 Å². The molecule has 6 bridgehead atoms. The van der Waals surface area contributed by atoms with Crippen molar-refractivity contribution >= 4 is 40.6 Å². The number of carbonyl (C=O) groups is 5. The molecule has 0 aliphatic carbocycles. The molecule has 2 aromatic heterocycles. The molecule has 3 saturated heterocycles. The quantitative estimate of drug-likeness (QED) is 0.0960. The first-order valence-corrected chi connectivity index (χ1v) is 26.0. The van der Waals surface area contributed by atoms with E-state index in [1.165, 1.54) is 20.6 Å². The zero-order valence-electron chi connectivity index (χ0n) is 44.0. The molecule has 5 amide bonds. The highest BCUT2D eigenvalue weighted by atomic mass is 19.4. The van der Waals surface area contributed by atoms with Gasteiger partial charge in [-0.2, -0.15) is 13.2 Å². The van der Waals surface area contributed by atoms with Gasteiger partial charge in [-0.05, 0) is 108 Å². The minimum absolute atomic E-state index is 0.113. The van der Waals surface area contributed by atoms with Crippen molar-refractivity contribution < 1.29 is 51.0 Å². The summed E-state index contributed by atoms with van der Waals surface area (Å²) < 4.78 is 72.8. The van der Waals surface area contributed by atoms with Crippen molar-refractivity contribution in [2.45, 2.75) is 129 Å². The number of alkyl halides is 4. The van der Waals surface area contributed by atoms with E-state index >= 15 is 4.39 Å². The Morgan fingerprint density at radius 1 is 1.00 bits per heavy atom. The Kier molecular flexibility index (Phi) is 16.2. The van der Waals surface area contributed by atoms with Gasteiger partial charge in [-0.1, -0.05) is 66.3 Å². The number of pyridine rings is 1. The number of carbonyl (C=O) groups excluding carboxylic acids is 5. The van der Waals surface area contributed by atoms with Crippen LogP contribution in [0.5, 0.6) is 0 Å². The normalized spacial score (nSPS) is 20.7. The van der Waals surface area contributed by atoms with Gasteiger partial charge in [-0.15, -0.1) is 0 Å². The van der Waals surface area contributed by atoms with Crippen LogP contribution in [0.4, 0.5) is 22.4 Å². The number of amides is 5. The summed E-state index contributed by atoms with van der Waals surface area (Å²) in [4.78, 5) is 79.7. The van der Waals surface area contributed by atoms with E-state index in [1.807, 2.05) is 33.8 Å². The predicted molar refractivity (Wildman–Crippen MR) is 276 cm³/mol. The minimum atomic E-state index is -4.61. The number of likely N-dealkylation sites (tertiary alicyclic amines) is 1. The fourth-order valence-electron chi connectivity index (χ4n) is 11.4. The molecule has 0 radical (unpaired) electrons. The molecule has 4 aliphatic rings. The van der Waals surface area contributed by atoms with E-state index in [1.54, 1.807) is 79.4 Å². The Hall–Kier alpha value is -6.34. The van der Waals surface area contributed by atoms with Crippen molar-refractivity contribution in [1.82, 2.24) is 40.0 Å². The number of urea groups is 1. The Morgan fingerprint density at radius 2 is 1.75 bits per heavy atom. The number of piperidine rings is 1. The van der Waals surface area contributed by atoms with Crippen molar-refractivity contribution in [3.8, 4) is 22.4 Å². The SMILES string of the molecule is C=CC(=O)N1CCOC2(CCN(C(=O)N(C)[C@H](C(=O)N[C@H]3Cc4cc(CF)cc(c4)-c4ccc5c(c4)c(c(-c4cccnc4C(C)C)n5CC(F)(F)F)CC(C)(C)COC(=O)[C@@H]4CCCN(N4)C3=O)C(C)C)CC2)C1. The van der Waals surface area contributed by atoms with Gasteiger partial charge < -0.3 is 34.1 Å². The lowest BCUT2D eigenvalue weighted by atomic mass is 9.83. The zero-order chi connectivity index (χ0) is 54.1. The third kappa shape index (κ3) is 12.0. The van der Waals surface area contributed by atoms with E-state index in [2.05, 4.69) is 22.3 Å². The molecule has 404 valence electrons. The number of fused-ring (bicyclic) bond motifs is 6. The number of halogens is 4. The summed E-state index contributed by atoms with van der Waals surface area (Å²) in [6, 6.07) is 10.0. The van der Waals surface area contributed by atoms with Crippen LogP contribution in [0.1, 0.15) is 95.5 Å². The smallest absolute Gasteiger partial charge is 0.406 e. The first-order chi connectivity index (χ1) is 35.5. The molecule has 1 spiro atoms. The van der Waals surface area contributed by atoms with Crippen LogP contribution in [-0.4, -0.2) is 142 Å². The van der Waals surface area contributed by atoms with Crippen LogP contribution in [0, 0.1) is 11.3 Å². The molecule has 4 aliphatic heterocycles. The van der Waals surface area contributed by atoms with Crippen LogP contribution in [0.15, 0.2) is 67.4 Å². The van der Waals surface area contributed by atoms with Gasteiger partial charge in [0.05, 0.1) is 36.7 Å². The average molecular weight is 1040 g/mol. The summed E-state index contributed by atoms with van der Waals surface area (Å²) in [6.07, 6.45) is 0.0441. The van der Waals surface area contributed by atoms with Crippen LogP contribution in [0.3, 0.4) is 0 Å². The van der Waals surface area contributed by atoms with Crippen LogP contribution in [0.2, 0.25) is 0 Å². The Morgan fingerprint density at radius 3 is 2.43 bits per heavy atom. The maximum atomic E-state index is 15.0. The highest BCUT2D eigenvalue weighted by molar-refractivity contribution is 5.96. The molecule has 19 heteroatoms. The molecule has 3 atom stereocenters. The highest BCUT2D eigenvalue weighted by Gasteiger charge is 2.44. The van der Waals surface area contributed by atoms with Gasteiger partial charge in [0.2, 0.25) is 11.8 Å². The zero-order valence-corrected chi connectivity index (χ0v) is 44.0. The molecular weight excluding hydrogens is 973 g/mol. The first kappa shape index (κ1) is 54.9. The summed E-state index contributed by atoms with van der Waals surface area (Å²) in [5, 5.41) is 4.80. The first-order valence-electron chi connectivity index (χ1n) is 26.0. The molecule has 15 nitrogen and oxygen atoms in total. The summed E-state index contributed by atoms with van der Waals surface area (Å²) in [7, 11) is 1.55. The van der Waals surface area contributed by atoms with Crippen LogP contribution >= 0.6 is 0 Å². The van der Waals surface area contributed by atoms with E-state index in [0.717, 1.165) is 0 Å². The third-order valence-electron chi connectivity index (χ3n) is 15.0. The molecule has 8 rings (SSSR count). The van der Waals surface area contributed by atoms with Crippen molar-refractivity contribution in [3.05, 3.63) is 89.8 Å². The lowest BCUT2D eigenvalue weighted by molar-refractivity contribution is -0.155. The van der Waals surface area contributed by atoms with Gasteiger partial charge in [-0.25, -0.2) is 14.6 Å². The van der Waals surface area contributed by atoms with Gasteiger partial charge in [0.1, 0.15) is 31.3 Å². The van der Waals surface area contributed by atoms with Crippen molar-refractivity contribution in [2.75, 3.05) is 53.0 Å². The number of cyclic esters (lactones) is 1. The standard InChI is InChI=1S/C56H70F4N8O7/c1-9-46(69)66-22-23-75-55(31-66)16-20-65(21-17-55)53(73)64(8)48(35(4)5)50(70)62-44-27-36-24-37(30-57)26-39(25-36)38-14-15-45-41(28-38)42(29-54(6,7)33-74-52(72)43-13-11-19-68(63-43)51(44)71)49(67(45)32-56(58,59)60)40-12-10-18-61-47(40)34(2)3/h9-10,12,14-15,18,24-26,28,34-35,43-44,48,63H,1,11,13,16-17,19-23,27,29-33H2,2-8H3,(H,62,70)/t43-,44-,48-/m0/s1. The molecular formula is C56H70F4N8O7. The second-order valence-electron chi connectivity index (χ2n) is 22.1. The third-order valence-corrected chi connectivity index (χ3v) is 15.0. The Labute approximate surface area is 435 Å². The summed E-state index contributed by atoms with van der Waals surface area (Å²) >= 11 is 0. The number of aromatic nitrogens is 2. The van der Waals surface area contributed by atoms with Gasteiger partial charge in [0.25, 0.3) is 5.91 Å². The largest absolute Gasteiger partial charge is 0.464 e. The number of likely N-dealkylation sites (N-methyl/N-ethyl adjacent to an activating group) is 1. The fraction of sp³-hybridized carbons (Fsp3) is 0.536. The number of esters is 1. The van der Waals surface area contributed by atoms with Crippen molar-refractivity contribution in [3.63, 3.8) is 0 Å². The molecule has 2 aromatic carbocycles. The lowest BCUT2D eigenvalue weighted by Gasteiger charge is -2.47. The monoisotopic (exact) mass is 1040 g/mol. The molecule has 0 saturated carbocycles. The number of benzene rings is 2. The van der Waals surface area contributed by atoms with Gasteiger partial charge in [0, 0.05) is 67.7 Å². The summed E-state index contributed by atoms with van der Waals surface area (Å²) in [5.74, 6) is -2.55. The summed E-state index contributed by atoms with van der Waals surface area (Å²) in [6.45, 7) is 14.6. The number of hydrogen-bond acceptors (Lipinski definition) is 9. The average Bonchev–Trinajstić information content (AvgIpc) is 3.66. The lowest BCUT2D eigenvalue weighted by Crippen LogP contribution is -2.63. The second-order valence-corrected chi connectivity index (χ2v) is 22.1. The maximum absolute atomic E-state index is 15.0. The van der Waals surface area contributed by atoms with Gasteiger partial charge in [0.15, 0.2) is 0 Å². The Bertz CT molecular complexity index is 2820. The molecule has 6 heterocycles. The van der Waals surface area contributed by atoms with E-state index in [9.17, 15) is 37.1 Å². The van der Waals surface area contributed by atoms with Gasteiger partial charge in [-0.3, -0.25) is 29.2 Å². The van der Waals surface area contributed by atoms with Crippen LogP contribution < -0.4 is 10.7 Å². The number of rotatable bonds is 9. The van der Waals surface area contributed by atoms with Gasteiger partial charge >= 0.3 is 18.2 Å². The van der Waals surface area contributed by atoms with Crippen LogP contribution in [0.25, 0.3) is 33.3 Å². The van der Waals surface area contributed by atoms with E-state index in [-0.39, 0.29) is 43.4 Å². The predicted octanol–water partition coefficient (Wildman–Crippen LogP) is 8.13.